The third-order valence-corrected chi connectivity index (χ3v) is 6.15. The smallest absolute Gasteiger partial charge is 0.243 e. The van der Waals surface area contributed by atoms with Crippen LogP contribution in [0.1, 0.15) is 38.2 Å². The van der Waals surface area contributed by atoms with Crippen LogP contribution in [0, 0.1) is 12.8 Å². The van der Waals surface area contributed by atoms with E-state index in [1.54, 1.807) is 29.4 Å². The van der Waals surface area contributed by atoms with E-state index in [1.165, 1.54) is 12.8 Å². The normalized spacial score (nSPS) is 18.3. The molecule has 1 saturated heterocycles. The molecule has 1 fully saturated rings. The second-order valence-electron chi connectivity index (χ2n) is 5.66. The molecule has 0 unspecified atom stereocenters. The van der Waals surface area contributed by atoms with Crippen molar-refractivity contribution >= 4 is 15.7 Å². The summed E-state index contributed by atoms with van der Waals surface area (Å²) >= 11 is 0. The Bertz CT molecular complexity index is 561. The number of nitrogens with zero attached hydrogens (tertiary/aromatic N) is 1. The molecule has 0 saturated carbocycles. The predicted molar refractivity (Wildman–Crippen MR) is 82.0 cm³/mol. The zero-order valence-corrected chi connectivity index (χ0v) is 13.1. The lowest BCUT2D eigenvalue weighted by Gasteiger charge is -2.31. The van der Waals surface area contributed by atoms with Gasteiger partial charge in [0.2, 0.25) is 10.0 Å². The van der Waals surface area contributed by atoms with Crippen molar-refractivity contribution < 1.29 is 8.42 Å². The fourth-order valence-electron chi connectivity index (χ4n) is 2.95. The number of hydrogen-bond donors (Lipinski definition) is 1. The number of rotatable bonds is 4. The number of sulfonamides is 1. The van der Waals surface area contributed by atoms with Crippen LogP contribution in [0.2, 0.25) is 0 Å². The summed E-state index contributed by atoms with van der Waals surface area (Å²) in [4.78, 5) is 0.389. The van der Waals surface area contributed by atoms with E-state index < -0.39 is 10.0 Å². The van der Waals surface area contributed by atoms with Crippen molar-refractivity contribution in [1.29, 1.82) is 0 Å². The van der Waals surface area contributed by atoms with Gasteiger partial charge < -0.3 is 5.73 Å². The van der Waals surface area contributed by atoms with Gasteiger partial charge in [0.15, 0.2) is 0 Å². The highest BCUT2D eigenvalue weighted by atomic mass is 32.2. The minimum absolute atomic E-state index is 0.389. The molecule has 0 aliphatic carbocycles. The van der Waals surface area contributed by atoms with Gasteiger partial charge in [0.1, 0.15) is 0 Å². The maximum Gasteiger partial charge on any atom is 0.243 e. The minimum atomic E-state index is -3.37. The Hall–Kier alpha value is -1.07. The lowest BCUT2D eigenvalue weighted by molar-refractivity contribution is 0.262. The zero-order chi connectivity index (χ0) is 14.8. The number of nitrogens with two attached hydrogens (primary N) is 1. The summed E-state index contributed by atoms with van der Waals surface area (Å²) in [5.41, 5.74) is 7.02. The van der Waals surface area contributed by atoms with Crippen LogP contribution < -0.4 is 5.73 Å². The molecule has 0 amide bonds. The second kappa shape index (κ2) is 6.14. The molecule has 20 heavy (non-hydrogen) atoms. The van der Waals surface area contributed by atoms with Gasteiger partial charge in [0, 0.05) is 18.8 Å². The Morgan fingerprint density at radius 1 is 1.30 bits per heavy atom. The van der Waals surface area contributed by atoms with Crippen LogP contribution in [-0.2, 0) is 10.0 Å². The van der Waals surface area contributed by atoms with Gasteiger partial charge in [-0.05, 0) is 49.4 Å². The van der Waals surface area contributed by atoms with Crippen LogP contribution in [0.25, 0.3) is 0 Å². The molecular formula is C15H24N2O2S. The molecule has 4 nitrogen and oxygen atoms in total. The molecule has 0 radical (unpaired) electrons. The molecule has 112 valence electrons. The monoisotopic (exact) mass is 296 g/mol. The largest absolute Gasteiger partial charge is 0.399 e. The van der Waals surface area contributed by atoms with Crippen molar-refractivity contribution in [2.45, 2.75) is 44.4 Å². The quantitative estimate of drug-likeness (QED) is 0.869. The van der Waals surface area contributed by atoms with E-state index in [-0.39, 0.29) is 0 Å². The van der Waals surface area contributed by atoms with E-state index in [0.717, 1.165) is 18.4 Å². The number of hydrogen-bond acceptors (Lipinski definition) is 3. The van der Waals surface area contributed by atoms with Gasteiger partial charge in [-0.15, -0.1) is 0 Å². The molecule has 1 heterocycles. The Morgan fingerprint density at radius 3 is 2.50 bits per heavy atom. The van der Waals surface area contributed by atoms with Crippen molar-refractivity contribution in [3.63, 3.8) is 0 Å². The van der Waals surface area contributed by atoms with Gasteiger partial charge in [-0.2, -0.15) is 4.31 Å². The number of benzene rings is 1. The van der Waals surface area contributed by atoms with Crippen LogP contribution in [0.3, 0.4) is 0 Å². The van der Waals surface area contributed by atoms with Gasteiger partial charge in [-0.1, -0.05) is 19.8 Å². The zero-order valence-electron chi connectivity index (χ0n) is 12.3. The lowest BCUT2D eigenvalue weighted by atomic mass is 9.94. The first-order valence-electron chi connectivity index (χ1n) is 7.31. The van der Waals surface area contributed by atoms with Crippen molar-refractivity contribution in [1.82, 2.24) is 4.31 Å². The summed E-state index contributed by atoms with van der Waals surface area (Å²) in [7, 11) is -3.37. The summed E-state index contributed by atoms with van der Waals surface area (Å²) in [6, 6.07) is 5.00. The van der Waals surface area contributed by atoms with Gasteiger partial charge in [-0.25, -0.2) is 8.42 Å². The SMILES string of the molecule is CCCC1CCN(S(=O)(=O)c2ccc(N)cc2C)CC1. The highest BCUT2D eigenvalue weighted by Gasteiger charge is 2.29. The second-order valence-corrected chi connectivity index (χ2v) is 7.57. The fraction of sp³-hybridized carbons (Fsp3) is 0.600. The molecule has 1 aromatic carbocycles. The average Bonchev–Trinajstić information content (AvgIpc) is 2.39. The van der Waals surface area contributed by atoms with Crippen molar-refractivity contribution in [3.8, 4) is 0 Å². The molecule has 0 spiro atoms. The maximum absolute atomic E-state index is 12.7. The Balaban J connectivity index is 2.15. The molecule has 0 atom stereocenters. The Morgan fingerprint density at radius 2 is 1.95 bits per heavy atom. The predicted octanol–water partition coefficient (Wildman–Crippen LogP) is 2.78. The van der Waals surface area contributed by atoms with Crippen LogP contribution >= 0.6 is 0 Å². The van der Waals surface area contributed by atoms with Crippen LogP contribution in [-0.4, -0.2) is 25.8 Å². The molecule has 0 aromatic heterocycles. The third kappa shape index (κ3) is 3.15. The highest BCUT2D eigenvalue weighted by molar-refractivity contribution is 7.89. The molecule has 0 bridgehead atoms. The van der Waals surface area contributed by atoms with Crippen molar-refractivity contribution in [2.75, 3.05) is 18.8 Å². The van der Waals surface area contributed by atoms with E-state index in [2.05, 4.69) is 6.92 Å². The number of aryl methyl sites for hydroxylation is 1. The summed E-state index contributed by atoms with van der Waals surface area (Å²) in [6.45, 7) is 5.25. The molecule has 2 rings (SSSR count). The molecule has 2 N–H and O–H groups in total. The lowest BCUT2D eigenvalue weighted by Crippen LogP contribution is -2.38. The first kappa shape index (κ1) is 15.3. The van der Waals surface area contributed by atoms with Crippen molar-refractivity contribution in [2.24, 2.45) is 5.92 Å². The average molecular weight is 296 g/mol. The summed E-state index contributed by atoms with van der Waals surface area (Å²) in [5, 5.41) is 0. The van der Waals surface area contributed by atoms with Gasteiger partial charge in [0.25, 0.3) is 0 Å². The number of anilines is 1. The third-order valence-electron chi connectivity index (χ3n) is 4.09. The van der Waals surface area contributed by atoms with Crippen LogP contribution in [0.15, 0.2) is 23.1 Å². The highest BCUT2D eigenvalue weighted by Crippen LogP contribution is 2.28. The summed E-state index contributed by atoms with van der Waals surface area (Å²) in [5.74, 6) is 0.680. The Labute approximate surface area is 122 Å². The molecular weight excluding hydrogens is 272 g/mol. The molecule has 1 aromatic rings. The van der Waals surface area contributed by atoms with Crippen molar-refractivity contribution in [3.05, 3.63) is 23.8 Å². The number of piperidine rings is 1. The topological polar surface area (TPSA) is 63.4 Å². The molecule has 1 aliphatic heterocycles. The van der Waals surface area contributed by atoms with Crippen LogP contribution in [0.4, 0.5) is 5.69 Å². The van der Waals surface area contributed by atoms with E-state index in [9.17, 15) is 8.42 Å². The molecule has 1 aliphatic rings. The first-order valence-corrected chi connectivity index (χ1v) is 8.75. The number of nitrogen functional groups attached to an aromatic ring is 1. The Kier molecular flexibility index (Phi) is 4.70. The van der Waals surface area contributed by atoms with Gasteiger partial charge in [-0.3, -0.25) is 0 Å². The van der Waals surface area contributed by atoms with E-state index in [0.29, 0.717) is 29.6 Å². The van der Waals surface area contributed by atoms with Gasteiger partial charge >= 0.3 is 0 Å². The van der Waals surface area contributed by atoms with E-state index in [4.69, 9.17) is 5.73 Å². The maximum atomic E-state index is 12.7. The fourth-order valence-corrected chi connectivity index (χ4v) is 4.62. The first-order chi connectivity index (χ1) is 9.45. The van der Waals surface area contributed by atoms with Gasteiger partial charge in [0.05, 0.1) is 4.90 Å². The summed E-state index contributed by atoms with van der Waals surface area (Å²) in [6.07, 6.45) is 4.32. The standard InChI is InChI=1S/C15H24N2O2S/c1-3-4-13-7-9-17(10-8-13)20(18,19)15-6-5-14(16)11-12(15)2/h5-6,11,13H,3-4,7-10,16H2,1-2H3. The van der Waals surface area contributed by atoms with E-state index >= 15 is 0 Å². The van der Waals surface area contributed by atoms with Crippen LogP contribution in [0.5, 0.6) is 0 Å². The van der Waals surface area contributed by atoms with E-state index in [1.807, 2.05) is 0 Å². The minimum Gasteiger partial charge on any atom is -0.399 e. The molecule has 5 heteroatoms. The summed E-state index contributed by atoms with van der Waals surface area (Å²) < 4.78 is 27.0.